The second-order valence-electron chi connectivity index (χ2n) is 6.41. The zero-order chi connectivity index (χ0) is 13.7. The maximum atomic E-state index is 12.1. The van der Waals surface area contributed by atoms with Gasteiger partial charge in [0.2, 0.25) is 5.91 Å². The molecule has 21 heavy (non-hydrogen) atoms. The summed E-state index contributed by atoms with van der Waals surface area (Å²) in [6.07, 6.45) is 5.36. The highest BCUT2D eigenvalue weighted by Gasteiger charge is 2.24. The van der Waals surface area contributed by atoms with Crippen molar-refractivity contribution in [2.24, 2.45) is 11.8 Å². The summed E-state index contributed by atoms with van der Waals surface area (Å²) in [5.41, 5.74) is 0. The van der Waals surface area contributed by atoms with Crippen LogP contribution in [-0.4, -0.2) is 50.1 Å². The van der Waals surface area contributed by atoms with E-state index in [1.54, 1.807) is 0 Å². The van der Waals surface area contributed by atoms with Gasteiger partial charge in [0.05, 0.1) is 0 Å². The summed E-state index contributed by atoms with van der Waals surface area (Å²) in [4.78, 5) is 14.4. The highest BCUT2D eigenvalue weighted by atomic mass is 35.5. The minimum absolute atomic E-state index is 0. The molecule has 2 fully saturated rings. The standard InChI is InChI=1S/C15H29N3O.2ClH/c1-12(13-3-7-16-8-4-13)11-15(19)17-14-5-9-18(2)10-6-14;;/h12-14,16H,3-11H2,1-2H3,(H,17,19);2*1H. The minimum atomic E-state index is 0. The molecule has 0 aliphatic carbocycles. The number of nitrogens with one attached hydrogen (secondary N) is 2. The Balaban J connectivity index is 0.00000200. The maximum absolute atomic E-state index is 12.1. The van der Waals surface area contributed by atoms with Crippen LogP contribution >= 0.6 is 24.8 Å². The van der Waals surface area contributed by atoms with E-state index in [4.69, 9.17) is 0 Å². The van der Waals surface area contributed by atoms with Crippen molar-refractivity contribution >= 4 is 30.7 Å². The minimum Gasteiger partial charge on any atom is -0.353 e. The molecule has 2 heterocycles. The summed E-state index contributed by atoms with van der Waals surface area (Å²) in [5, 5.41) is 6.62. The smallest absolute Gasteiger partial charge is 0.220 e. The van der Waals surface area contributed by atoms with Crippen molar-refractivity contribution < 1.29 is 4.79 Å². The summed E-state index contributed by atoms with van der Waals surface area (Å²) >= 11 is 0. The number of amides is 1. The number of nitrogens with zero attached hydrogens (tertiary/aromatic N) is 1. The zero-order valence-corrected chi connectivity index (χ0v) is 14.9. The van der Waals surface area contributed by atoms with Gasteiger partial charge in [0.15, 0.2) is 0 Å². The normalized spacial score (nSPS) is 22.8. The maximum Gasteiger partial charge on any atom is 0.220 e. The van der Waals surface area contributed by atoms with Crippen LogP contribution in [0.25, 0.3) is 0 Å². The van der Waals surface area contributed by atoms with Crippen molar-refractivity contribution in [2.75, 3.05) is 33.2 Å². The van der Waals surface area contributed by atoms with E-state index in [-0.39, 0.29) is 30.7 Å². The Hall–Kier alpha value is -0.0300. The lowest BCUT2D eigenvalue weighted by Gasteiger charge is -2.31. The fourth-order valence-electron chi connectivity index (χ4n) is 3.31. The molecule has 2 rings (SSSR count). The third-order valence-electron chi connectivity index (χ3n) is 4.78. The SMILES string of the molecule is CC(CC(=O)NC1CCN(C)CC1)C1CCNCC1.Cl.Cl. The van der Waals surface area contributed by atoms with Crippen molar-refractivity contribution in [3.05, 3.63) is 0 Å². The summed E-state index contributed by atoms with van der Waals surface area (Å²) < 4.78 is 0. The van der Waals surface area contributed by atoms with Crippen LogP contribution in [0.15, 0.2) is 0 Å². The third kappa shape index (κ3) is 7.18. The van der Waals surface area contributed by atoms with Crippen molar-refractivity contribution in [1.82, 2.24) is 15.5 Å². The number of likely N-dealkylation sites (tertiary alicyclic amines) is 1. The first kappa shape index (κ1) is 21.0. The topological polar surface area (TPSA) is 44.4 Å². The molecular formula is C15H31Cl2N3O. The monoisotopic (exact) mass is 339 g/mol. The second-order valence-corrected chi connectivity index (χ2v) is 6.41. The molecule has 0 spiro atoms. The Morgan fingerprint density at radius 2 is 1.76 bits per heavy atom. The quantitative estimate of drug-likeness (QED) is 0.823. The Bertz CT molecular complexity index is 291. The Kier molecular flexibility index (Phi) is 10.6. The van der Waals surface area contributed by atoms with Crippen LogP contribution in [0.2, 0.25) is 0 Å². The van der Waals surface area contributed by atoms with Gasteiger partial charge in [0.1, 0.15) is 0 Å². The molecule has 0 aromatic rings. The third-order valence-corrected chi connectivity index (χ3v) is 4.78. The molecule has 2 saturated heterocycles. The zero-order valence-electron chi connectivity index (χ0n) is 13.3. The van der Waals surface area contributed by atoms with E-state index in [2.05, 4.69) is 29.5 Å². The predicted octanol–water partition coefficient (Wildman–Crippen LogP) is 2.07. The fraction of sp³-hybridized carbons (Fsp3) is 0.933. The lowest BCUT2D eigenvalue weighted by Crippen LogP contribution is -2.44. The Morgan fingerprint density at radius 3 is 2.33 bits per heavy atom. The first-order chi connectivity index (χ1) is 9.15. The summed E-state index contributed by atoms with van der Waals surface area (Å²) in [5.74, 6) is 1.51. The predicted molar refractivity (Wildman–Crippen MR) is 92.5 cm³/mol. The van der Waals surface area contributed by atoms with Gasteiger partial charge in [-0.05, 0) is 70.7 Å². The molecule has 1 unspecified atom stereocenters. The molecule has 2 aliphatic rings. The number of piperidine rings is 2. The van der Waals surface area contributed by atoms with Gasteiger partial charge in [-0.2, -0.15) is 0 Å². The van der Waals surface area contributed by atoms with Crippen LogP contribution in [0.3, 0.4) is 0 Å². The van der Waals surface area contributed by atoms with Crippen LogP contribution in [0, 0.1) is 11.8 Å². The molecule has 6 heteroatoms. The van der Waals surface area contributed by atoms with Gasteiger partial charge < -0.3 is 15.5 Å². The van der Waals surface area contributed by atoms with Crippen LogP contribution < -0.4 is 10.6 Å². The van der Waals surface area contributed by atoms with Crippen molar-refractivity contribution in [3.63, 3.8) is 0 Å². The van der Waals surface area contributed by atoms with E-state index in [0.29, 0.717) is 18.4 Å². The highest BCUT2D eigenvalue weighted by Crippen LogP contribution is 2.24. The first-order valence-corrected chi connectivity index (χ1v) is 7.84. The average molecular weight is 340 g/mol. The first-order valence-electron chi connectivity index (χ1n) is 7.84. The molecule has 1 amide bonds. The summed E-state index contributed by atoms with van der Waals surface area (Å²) in [7, 11) is 2.15. The van der Waals surface area contributed by atoms with Crippen molar-refractivity contribution in [1.29, 1.82) is 0 Å². The van der Waals surface area contributed by atoms with Crippen LogP contribution in [0.4, 0.5) is 0 Å². The molecule has 1 atom stereocenters. The molecule has 126 valence electrons. The summed E-state index contributed by atoms with van der Waals surface area (Å²) in [6, 6.07) is 0.406. The molecular weight excluding hydrogens is 309 g/mol. The number of carbonyl (C=O) groups is 1. The van der Waals surface area contributed by atoms with E-state index < -0.39 is 0 Å². The largest absolute Gasteiger partial charge is 0.353 e. The number of hydrogen-bond acceptors (Lipinski definition) is 3. The molecule has 2 N–H and O–H groups in total. The van der Waals surface area contributed by atoms with E-state index in [1.165, 1.54) is 12.8 Å². The molecule has 4 nitrogen and oxygen atoms in total. The molecule has 0 aromatic carbocycles. The molecule has 0 aromatic heterocycles. The van der Waals surface area contributed by atoms with Crippen molar-refractivity contribution in [2.45, 2.75) is 45.1 Å². The Morgan fingerprint density at radius 1 is 1.19 bits per heavy atom. The lowest BCUT2D eigenvalue weighted by molar-refractivity contribution is -0.123. The number of hydrogen-bond donors (Lipinski definition) is 2. The second kappa shape index (κ2) is 10.7. The van der Waals surface area contributed by atoms with E-state index in [0.717, 1.165) is 44.9 Å². The van der Waals surface area contributed by atoms with E-state index in [9.17, 15) is 4.79 Å². The number of carbonyl (C=O) groups excluding carboxylic acids is 1. The molecule has 0 saturated carbocycles. The highest BCUT2D eigenvalue weighted by molar-refractivity contribution is 5.85. The summed E-state index contributed by atoms with van der Waals surface area (Å²) in [6.45, 7) is 6.69. The van der Waals surface area contributed by atoms with E-state index >= 15 is 0 Å². The number of rotatable bonds is 4. The Labute approximate surface area is 141 Å². The molecule has 0 radical (unpaired) electrons. The van der Waals surface area contributed by atoms with Gasteiger partial charge in [-0.25, -0.2) is 0 Å². The van der Waals surface area contributed by atoms with Gasteiger partial charge in [-0.3, -0.25) is 4.79 Å². The van der Waals surface area contributed by atoms with Crippen LogP contribution in [0.5, 0.6) is 0 Å². The lowest BCUT2D eigenvalue weighted by atomic mass is 9.84. The fourth-order valence-corrected chi connectivity index (χ4v) is 3.31. The van der Waals surface area contributed by atoms with Gasteiger partial charge in [-0.15, -0.1) is 24.8 Å². The van der Waals surface area contributed by atoms with Crippen molar-refractivity contribution in [3.8, 4) is 0 Å². The average Bonchev–Trinajstić information content (AvgIpc) is 2.42. The van der Waals surface area contributed by atoms with E-state index in [1.807, 2.05) is 0 Å². The molecule has 2 aliphatic heterocycles. The van der Waals surface area contributed by atoms with Crippen LogP contribution in [-0.2, 0) is 4.79 Å². The van der Waals surface area contributed by atoms with Gasteiger partial charge in [0.25, 0.3) is 0 Å². The van der Waals surface area contributed by atoms with Crippen LogP contribution in [0.1, 0.15) is 39.0 Å². The van der Waals surface area contributed by atoms with Gasteiger partial charge in [0, 0.05) is 12.5 Å². The number of halogens is 2. The molecule has 0 bridgehead atoms. The van der Waals surface area contributed by atoms with Gasteiger partial charge >= 0.3 is 0 Å². The van der Waals surface area contributed by atoms with Gasteiger partial charge in [-0.1, -0.05) is 6.92 Å².